The van der Waals surface area contributed by atoms with Crippen LogP contribution >= 0.6 is 0 Å². The van der Waals surface area contributed by atoms with Gasteiger partial charge in [-0.1, -0.05) is 12.1 Å². The fourth-order valence-electron chi connectivity index (χ4n) is 2.95. The minimum atomic E-state index is 0.0721. The average Bonchev–Trinajstić information content (AvgIpc) is 3.09. The number of piperidine rings is 1. The Balaban J connectivity index is 1.58. The molecule has 1 aromatic heterocycles. The Morgan fingerprint density at radius 3 is 2.92 bits per heavy atom. The molecule has 0 spiro atoms. The van der Waals surface area contributed by atoms with Crippen LogP contribution in [0.1, 0.15) is 19.0 Å². The average molecular weight is 329 g/mol. The summed E-state index contributed by atoms with van der Waals surface area (Å²) in [4.78, 5) is 12.3. The molecule has 2 heterocycles. The van der Waals surface area contributed by atoms with E-state index in [-0.39, 0.29) is 11.8 Å². The van der Waals surface area contributed by atoms with Gasteiger partial charge in [-0.15, -0.1) is 5.10 Å². The summed E-state index contributed by atoms with van der Waals surface area (Å²) in [7, 11) is 1.63. The SMILES string of the molecule is COc1ccc(-n2cc(CNC(=O)[C@@H]3CCNC[C@@H]3C)nn2)cc1. The molecule has 7 heteroatoms. The maximum atomic E-state index is 12.3. The summed E-state index contributed by atoms with van der Waals surface area (Å²) in [5.74, 6) is 1.32. The zero-order valence-corrected chi connectivity index (χ0v) is 14.0. The molecule has 7 nitrogen and oxygen atoms in total. The number of benzene rings is 1. The Bertz CT molecular complexity index is 683. The molecule has 2 N–H and O–H groups in total. The van der Waals surface area contributed by atoms with Crippen molar-refractivity contribution >= 4 is 5.91 Å². The zero-order valence-electron chi connectivity index (χ0n) is 14.0. The minimum Gasteiger partial charge on any atom is -0.497 e. The van der Waals surface area contributed by atoms with Gasteiger partial charge in [-0.2, -0.15) is 0 Å². The lowest BCUT2D eigenvalue weighted by Gasteiger charge is -2.28. The number of aromatic nitrogens is 3. The first-order valence-electron chi connectivity index (χ1n) is 8.21. The normalized spacial score (nSPS) is 20.6. The topological polar surface area (TPSA) is 81.1 Å². The summed E-state index contributed by atoms with van der Waals surface area (Å²) < 4.78 is 6.83. The van der Waals surface area contributed by atoms with Crippen molar-refractivity contribution in [2.24, 2.45) is 11.8 Å². The third-order valence-electron chi connectivity index (χ3n) is 4.44. The third kappa shape index (κ3) is 3.73. The molecule has 2 atom stereocenters. The number of amides is 1. The van der Waals surface area contributed by atoms with Gasteiger partial charge in [0.05, 0.1) is 25.5 Å². The van der Waals surface area contributed by atoms with Crippen molar-refractivity contribution in [3.8, 4) is 11.4 Å². The largest absolute Gasteiger partial charge is 0.497 e. The smallest absolute Gasteiger partial charge is 0.223 e. The number of nitrogens with one attached hydrogen (secondary N) is 2. The van der Waals surface area contributed by atoms with E-state index in [1.165, 1.54) is 0 Å². The number of rotatable bonds is 5. The number of hydrogen-bond donors (Lipinski definition) is 2. The molecule has 1 amide bonds. The lowest BCUT2D eigenvalue weighted by Crippen LogP contribution is -2.43. The van der Waals surface area contributed by atoms with Crippen LogP contribution in [0.15, 0.2) is 30.5 Å². The van der Waals surface area contributed by atoms with Crippen molar-refractivity contribution < 1.29 is 9.53 Å². The Labute approximate surface area is 141 Å². The van der Waals surface area contributed by atoms with Gasteiger partial charge in [-0.3, -0.25) is 4.79 Å². The first-order valence-corrected chi connectivity index (χ1v) is 8.21. The first kappa shape index (κ1) is 16.4. The van der Waals surface area contributed by atoms with E-state index < -0.39 is 0 Å². The van der Waals surface area contributed by atoms with Crippen LogP contribution in [-0.4, -0.2) is 41.1 Å². The van der Waals surface area contributed by atoms with Gasteiger partial charge in [0.2, 0.25) is 5.91 Å². The highest BCUT2D eigenvalue weighted by Crippen LogP contribution is 2.19. The molecule has 2 aromatic rings. The molecule has 0 aliphatic carbocycles. The second-order valence-corrected chi connectivity index (χ2v) is 6.15. The summed E-state index contributed by atoms with van der Waals surface area (Å²) in [6, 6.07) is 7.56. The second kappa shape index (κ2) is 7.44. The van der Waals surface area contributed by atoms with E-state index in [0.29, 0.717) is 12.5 Å². The van der Waals surface area contributed by atoms with E-state index >= 15 is 0 Å². The van der Waals surface area contributed by atoms with Crippen molar-refractivity contribution in [1.82, 2.24) is 25.6 Å². The lowest BCUT2D eigenvalue weighted by molar-refractivity contribution is -0.127. The Morgan fingerprint density at radius 2 is 2.21 bits per heavy atom. The second-order valence-electron chi connectivity index (χ2n) is 6.15. The summed E-state index contributed by atoms with van der Waals surface area (Å²) >= 11 is 0. The molecule has 1 saturated heterocycles. The Morgan fingerprint density at radius 1 is 1.42 bits per heavy atom. The quantitative estimate of drug-likeness (QED) is 0.860. The fraction of sp³-hybridized carbons (Fsp3) is 0.471. The molecule has 1 aliphatic rings. The molecule has 1 aromatic carbocycles. The number of carbonyl (C=O) groups is 1. The molecule has 1 fully saturated rings. The van der Waals surface area contributed by atoms with E-state index in [1.807, 2.05) is 30.5 Å². The predicted molar refractivity (Wildman–Crippen MR) is 89.9 cm³/mol. The van der Waals surface area contributed by atoms with Crippen LogP contribution in [0.3, 0.4) is 0 Å². The van der Waals surface area contributed by atoms with Crippen LogP contribution in [0.5, 0.6) is 5.75 Å². The molecule has 24 heavy (non-hydrogen) atoms. The van der Waals surface area contributed by atoms with Gasteiger partial charge in [0.15, 0.2) is 0 Å². The maximum absolute atomic E-state index is 12.3. The van der Waals surface area contributed by atoms with Crippen LogP contribution in [0.25, 0.3) is 5.69 Å². The van der Waals surface area contributed by atoms with Gasteiger partial charge in [-0.25, -0.2) is 4.68 Å². The standard InChI is InChI=1S/C17H23N5O2/c1-12-9-18-8-7-16(12)17(23)19-10-13-11-22(21-20-13)14-3-5-15(24-2)6-4-14/h3-6,11-12,16,18H,7-10H2,1-2H3,(H,19,23)/t12-,16+/m0/s1. The molecular formula is C17H23N5O2. The Kier molecular flexibility index (Phi) is 5.10. The van der Waals surface area contributed by atoms with Gasteiger partial charge < -0.3 is 15.4 Å². The van der Waals surface area contributed by atoms with E-state index in [9.17, 15) is 4.79 Å². The molecule has 0 bridgehead atoms. The third-order valence-corrected chi connectivity index (χ3v) is 4.44. The number of methoxy groups -OCH3 is 1. The van der Waals surface area contributed by atoms with E-state index in [4.69, 9.17) is 4.74 Å². The Hall–Kier alpha value is -2.41. The molecule has 0 radical (unpaired) electrons. The molecular weight excluding hydrogens is 306 g/mol. The maximum Gasteiger partial charge on any atom is 0.223 e. The van der Waals surface area contributed by atoms with Crippen molar-refractivity contribution in [3.05, 3.63) is 36.2 Å². The van der Waals surface area contributed by atoms with Crippen LogP contribution in [0.2, 0.25) is 0 Å². The van der Waals surface area contributed by atoms with Crippen molar-refractivity contribution in [1.29, 1.82) is 0 Å². The van der Waals surface area contributed by atoms with Gasteiger partial charge >= 0.3 is 0 Å². The molecule has 0 unspecified atom stereocenters. The van der Waals surface area contributed by atoms with Crippen LogP contribution < -0.4 is 15.4 Å². The highest BCUT2D eigenvalue weighted by atomic mass is 16.5. The van der Waals surface area contributed by atoms with Crippen molar-refractivity contribution in [2.45, 2.75) is 19.9 Å². The first-order chi connectivity index (χ1) is 11.7. The van der Waals surface area contributed by atoms with Gasteiger partial charge in [0.25, 0.3) is 0 Å². The number of nitrogens with zero attached hydrogens (tertiary/aromatic N) is 3. The lowest BCUT2D eigenvalue weighted by atomic mass is 9.87. The van der Waals surface area contributed by atoms with E-state index in [2.05, 4.69) is 27.9 Å². The highest BCUT2D eigenvalue weighted by molar-refractivity contribution is 5.79. The van der Waals surface area contributed by atoms with E-state index in [1.54, 1.807) is 11.8 Å². The van der Waals surface area contributed by atoms with Crippen LogP contribution in [0, 0.1) is 11.8 Å². The summed E-state index contributed by atoms with van der Waals surface area (Å²) in [5, 5.41) is 14.5. The number of hydrogen-bond acceptors (Lipinski definition) is 5. The minimum absolute atomic E-state index is 0.0721. The van der Waals surface area contributed by atoms with Crippen molar-refractivity contribution in [3.63, 3.8) is 0 Å². The summed E-state index contributed by atoms with van der Waals surface area (Å²) in [6.45, 7) is 4.30. The zero-order chi connectivity index (χ0) is 16.9. The van der Waals surface area contributed by atoms with Gasteiger partial charge in [-0.05, 0) is 49.7 Å². The monoisotopic (exact) mass is 329 g/mol. The molecule has 3 rings (SSSR count). The summed E-state index contributed by atoms with van der Waals surface area (Å²) in [6.07, 6.45) is 2.71. The van der Waals surface area contributed by atoms with Crippen LogP contribution in [-0.2, 0) is 11.3 Å². The van der Waals surface area contributed by atoms with Crippen molar-refractivity contribution in [2.75, 3.05) is 20.2 Å². The number of ether oxygens (including phenoxy) is 1. The van der Waals surface area contributed by atoms with E-state index in [0.717, 1.165) is 36.6 Å². The fourth-order valence-corrected chi connectivity index (χ4v) is 2.95. The molecule has 0 saturated carbocycles. The van der Waals surface area contributed by atoms with Gasteiger partial charge in [0, 0.05) is 5.92 Å². The van der Waals surface area contributed by atoms with Crippen LogP contribution in [0.4, 0.5) is 0 Å². The molecule has 128 valence electrons. The number of carbonyl (C=O) groups excluding carboxylic acids is 1. The van der Waals surface area contributed by atoms with Gasteiger partial charge in [0.1, 0.15) is 11.4 Å². The summed E-state index contributed by atoms with van der Waals surface area (Å²) in [5.41, 5.74) is 1.63. The highest BCUT2D eigenvalue weighted by Gasteiger charge is 2.27. The molecule has 1 aliphatic heterocycles. The predicted octanol–water partition coefficient (Wildman–Crippen LogP) is 1.14.